The minimum Gasteiger partial charge on any atom is -0.381 e. The quantitative estimate of drug-likeness (QED) is 0.759. The first-order chi connectivity index (χ1) is 8.78. The molecule has 2 heteroatoms. The average molecular weight is 351 g/mol. The summed E-state index contributed by atoms with van der Waals surface area (Å²) in [4.78, 5) is 0. The summed E-state index contributed by atoms with van der Waals surface area (Å²) in [5.41, 5.74) is 3.92. The normalized spacial score (nSPS) is 10.3. The van der Waals surface area contributed by atoms with Gasteiger partial charge in [0.25, 0.3) is 0 Å². The number of halogens is 1. The van der Waals surface area contributed by atoms with Crippen LogP contribution in [0.2, 0.25) is 0 Å². The van der Waals surface area contributed by atoms with E-state index in [4.69, 9.17) is 0 Å². The average Bonchev–Trinajstić information content (AvgIpc) is 2.38. The maximum absolute atomic E-state index is 3.45. The number of hydrogen-bond donors (Lipinski definition) is 1. The molecular formula is C16H18IN. The second-order valence-corrected chi connectivity index (χ2v) is 5.68. The molecule has 0 heterocycles. The molecule has 0 aliphatic rings. The van der Waals surface area contributed by atoms with Crippen LogP contribution in [0.4, 0.5) is 5.69 Å². The first-order valence-corrected chi connectivity index (χ1v) is 7.43. The molecule has 0 radical (unpaired) electrons. The molecule has 0 amide bonds. The number of benzene rings is 2. The minimum atomic E-state index is 0.879. The Labute approximate surface area is 123 Å². The lowest BCUT2D eigenvalue weighted by Gasteiger charge is -2.08. The lowest BCUT2D eigenvalue weighted by molar-refractivity contribution is 0.922. The van der Waals surface area contributed by atoms with Crippen molar-refractivity contribution in [3.05, 3.63) is 63.2 Å². The summed E-state index contributed by atoms with van der Waals surface area (Å²) < 4.78 is 1.28. The van der Waals surface area contributed by atoms with Crippen LogP contribution in [0.3, 0.4) is 0 Å². The summed E-state index contributed by atoms with van der Waals surface area (Å²) >= 11 is 2.35. The third kappa shape index (κ3) is 4.02. The SMILES string of the molecule is CCCc1ccc(NCc2cccc(I)c2)cc1. The number of rotatable bonds is 5. The van der Waals surface area contributed by atoms with E-state index >= 15 is 0 Å². The van der Waals surface area contributed by atoms with Gasteiger partial charge in [0.15, 0.2) is 0 Å². The fourth-order valence-electron chi connectivity index (χ4n) is 1.93. The second kappa shape index (κ2) is 6.78. The van der Waals surface area contributed by atoms with E-state index in [1.165, 1.54) is 26.8 Å². The molecule has 2 aromatic rings. The zero-order valence-electron chi connectivity index (χ0n) is 10.6. The Bertz CT molecular complexity index is 491. The summed E-state index contributed by atoms with van der Waals surface area (Å²) in [6, 6.07) is 17.3. The van der Waals surface area contributed by atoms with Crippen molar-refractivity contribution in [1.29, 1.82) is 0 Å². The highest BCUT2D eigenvalue weighted by atomic mass is 127. The number of hydrogen-bond acceptors (Lipinski definition) is 1. The highest BCUT2D eigenvalue weighted by Crippen LogP contribution is 2.13. The highest BCUT2D eigenvalue weighted by Gasteiger charge is 1.96. The van der Waals surface area contributed by atoms with Crippen LogP contribution in [0, 0.1) is 3.57 Å². The molecule has 94 valence electrons. The Hall–Kier alpha value is -1.03. The Balaban J connectivity index is 1.93. The summed E-state index contributed by atoms with van der Waals surface area (Å²) in [5.74, 6) is 0. The van der Waals surface area contributed by atoms with Crippen LogP contribution in [0.25, 0.3) is 0 Å². The largest absolute Gasteiger partial charge is 0.381 e. The van der Waals surface area contributed by atoms with Crippen molar-refractivity contribution < 1.29 is 0 Å². The molecule has 2 aromatic carbocycles. The van der Waals surface area contributed by atoms with Crippen molar-refractivity contribution in [3.63, 3.8) is 0 Å². The van der Waals surface area contributed by atoms with Gasteiger partial charge in [0.2, 0.25) is 0 Å². The Morgan fingerprint density at radius 2 is 1.78 bits per heavy atom. The van der Waals surface area contributed by atoms with Crippen LogP contribution in [-0.4, -0.2) is 0 Å². The van der Waals surface area contributed by atoms with Gasteiger partial charge < -0.3 is 5.32 Å². The monoisotopic (exact) mass is 351 g/mol. The molecule has 1 nitrogen and oxygen atoms in total. The summed E-state index contributed by atoms with van der Waals surface area (Å²) in [7, 11) is 0. The number of aryl methyl sites for hydroxylation is 1. The van der Waals surface area contributed by atoms with Crippen LogP contribution in [0.15, 0.2) is 48.5 Å². The predicted molar refractivity (Wildman–Crippen MR) is 86.9 cm³/mol. The molecule has 0 aliphatic heterocycles. The Morgan fingerprint density at radius 3 is 2.44 bits per heavy atom. The molecule has 0 saturated carbocycles. The van der Waals surface area contributed by atoms with Gasteiger partial charge in [0, 0.05) is 15.8 Å². The predicted octanol–water partition coefficient (Wildman–Crippen LogP) is 4.86. The van der Waals surface area contributed by atoms with Crippen molar-refractivity contribution in [1.82, 2.24) is 0 Å². The van der Waals surface area contributed by atoms with Crippen LogP contribution in [-0.2, 0) is 13.0 Å². The minimum absolute atomic E-state index is 0.879. The molecule has 2 rings (SSSR count). The number of nitrogens with one attached hydrogen (secondary N) is 1. The fourth-order valence-corrected chi connectivity index (χ4v) is 2.54. The highest BCUT2D eigenvalue weighted by molar-refractivity contribution is 14.1. The molecule has 18 heavy (non-hydrogen) atoms. The van der Waals surface area contributed by atoms with Crippen molar-refractivity contribution in [2.24, 2.45) is 0 Å². The third-order valence-corrected chi connectivity index (χ3v) is 3.55. The van der Waals surface area contributed by atoms with Crippen molar-refractivity contribution in [3.8, 4) is 0 Å². The molecule has 0 aromatic heterocycles. The van der Waals surface area contributed by atoms with E-state index in [9.17, 15) is 0 Å². The lowest BCUT2D eigenvalue weighted by Crippen LogP contribution is -1.99. The summed E-state index contributed by atoms with van der Waals surface area (Å²) in [6.07, 6.45) is 2.37. The maximum atomic E-state index is 3.45. The summed E-state index contributed by atoms with van der Waals surface area (Å²) in [6.45, 7) is 3.09. The molecule has 0 fully saturated rings. The van der Waals surface area contributed by atoms with Crippen molar-refractivity contribution in [2.45, 2.75) is 26.3 Å². The first kappa shape index (κ1) is 13.4. The topological polar surface area (TPSA) is 12.0 Å². The van der Waals surface area contributed by atoms with Crippen molar-refractivity contribution >= 4 is 28.3 Å². The molecule has 0 saturated heterocycles. The van der Waals surface area contributed by atoms with Gasteiger partial charge in [-0.25, -0.2) is 0 Å². The maximum Gasteiger partial charge on any atom is 0.0401 e. The number of anilines is 1. The van der Waals surface area contributed by atoms with Crippen LogP contribution >= 0.6 is 22.6 Å². The second-order valence-electron chi connectivity index (χ2n) is 4.43. The van der Waals surface area contributed by atoms with Crippen LogP contribution < -0.4 is 5.32 Å². The van der Waals surface area contributed by atoms with E-state index in [1.54, 1.807) is 0 Å². The Kier molecular flexibility index (Phi) is 5.05. The van der Waals surface area contributed by atoms with Gasteiger partial charge in [-0.05, 0) is 64.4 Å². The fraction of sp³-hybridized carbons (Fsp3) is 0.250. The van der Waals surface area contributed by atoms with Gasteiger partial charge >= 0.3 is 0 Å². The smallest absolute Gasteiger partial charge is 0.0401 e. The molecule has 0 atom stereocenters. The molecule has 0 aliphatic carbocycles. The van der Waals surface area contributed by atoms with Crippen LogP contribution in [0.1, 0.15) is 24.5 Å². The molecule has 0 bridgehead atoms. The zero-order chi connectivity index (χ0) is 12.8. The zero-order valence-corrected chi connectivity index (χ0v) is 12.8. The Morgan fingerprint density at radius 1 is 1.00 bits per heavy atom. The van der Waals surface area contributed by atoms with Crippen molar-refractivity contribution in [2.75, 3.05) is 5.32 Å². The molecule has 0 spiro atoms. The lowest BCUT2D eigenvalue weighted by atomic mass is 10.1. The van der Waals surface area contributed by atoms with E-state index in [1.807, 2.05) is 0 Å². The van der Waals surface area contributed by atoms with Gasteiger partial charge in [-0.1, -0.05) is 37.6 Å². The molecule has 1 N–H and O–H groups in total. The van der Waals surface area contributed by atoms with E-state index in [0.29, 0.717) is 0 Å². The third-order valence-electron chi connectivity index (χ3n) is 2.88. The van der Waals surface area contributed by atoms with E-state index in [2.05, 4.69) is 83.4 Å². The van der Waals surface area contributed by atoms with Gasteiger partial charge in [0.05, 0.1) is 0 Å². The van der Waals surface area contributed by atoms with Gasteiger partial charge in [-0.2, -0.15) is 0 Å². The summed E-state index contributed by atoms with van der Waals surface area (Å²) in [5, 5.41) is 3.45. The molecule has 0 unspecified atom stereocenters. The van der Waals surface area contributed by atoms with E-state index < -0.39 is 0 Å². The molecular weight excluding hydrogens is 333 g/mol. The van der Waals surface area contributed by atoms with Gasteiger partial charge in [-0.15, -0.1) is 0 Å². The van der Waals surface area contributed by atoms with E-state index in [-0.39, 0.29) is 0 Å². The van der Waals surface area contributed by atoms with E-state index in [0.717, 1.165) is 13.0 Å². The van der Waals surface area contributed by atoms with Crippen LogP contribution in [0.5, 0.6) is 0 Å². The van der Waals surface area contributed by atoms with Gasteiger partial charge in [-0.3, -0.25) is 0 Å². The first-order valence-electron chi connectivity index (χ1n) is 6.35. The standard InChI is InChI=1S/C16H18IN/c1-2-4-13-7-9-16(10-8-13)18-12-14-5-3-6-15(17)11-14/h3,5-11,18H,2,4,12H2,1H3. The van der Waals surface area contributed by atoms with Gasteiger partial charge in [0.1, 0.15) is 0 Å².